The van der Waals surface area contributed by atoms with E-state index in [0.717, 1.165) is 23.7 Å². The highest BCUT2D eigenvalue weighted by molar-refractivity contribution is 7.81. The molecule has 0 heterocycles. The molecule has 0 amide bonds. The van der Waals surface area contributed by atoms with Gasteiger partial charge in [-0.15, -0.1) is 0 Å². The Hall–Kier alpha value is 0.0900. The van der Waals surface area contributed by atoms with E-state index >= 15 is 0 Å². The molecule has 3 saturated carbocycles. The summed E-state index contributed by atoms with van der Waals surface area (Å²) in [6.45, 7) is 7.77. The SMILES string of the molecule is C[C@H]1CCC2C3CCC4=C[C@H](S)CC[C@]4(C)C3CC[C@@]21C. The van der Waals surface area contributed by atoms with Gasteiger partial charge >= 0.3 is 0 Å². The van der Waals surface area contributed by atoms with Gasteiger partial charge in [0.1, 0.15) is 0 Å². The number of fused-ring (bicyclic) bond motifs is 5. The van der Waals surface area contributed by atoms with Crippen molar-refractivity contribution in [2.75, 3.05) is 0 Å². The maximum atomic E-state index is 4.74. The van der Waals surface area contributed by atoms with Gasteiger partial charge < -0.3 is 0 Å². The Kier molecular flexibility index (Phi) is 3.35. The molecule has 0 saturated heterocycles. The van der Waals surface area contributed by atoms with Crippen LogP contribution in [0.1, 0.15) is 72.1 Å². The van der Waals surface area contributed by atoms with Gasteiger partial charge in [-0.3, -0.25) is 0 Å². The molecule has 21 heavy (non-hydrogen) atoms. The Bertz CT molecular complexity index is 466. The van der Waals surface area contributed by atoms with Crippen LogP contribution in [0.25, 0.3) is 0 Å². The topological polar surface area (TPSA) is 0 Å². The second kappa shape index (κ2) is 4.79. The van der Waals surface area contributed by atoms with E-state index in [-0.39, 0.29) is 0 Å². The first kappa shape index (κ1) is 14.7. The zero-order chi connectivity index (χ0) is 14.8. The van der Waals surface area contributed by atoms with E-state index in [9.17, 15) is 0 Å². The van der Waals surface area contributed by atoms with Gasteiger partial charge in [0.2, 0.25) is 0 Å². The standard InChI is InChI=1S/C20H32S/c1-13-4-7-17-16-6-5-14-12-15(21)8-10-20(14,3)18(16)9-11-19(13,17)2/h12-13,15-18,21H,4-11H2,1-3H3/t13-,15+,16?,17?,18?,19+,20-/m0/s1. The van der Waals surface area contributed by atoms with Crippen molar-refractivity contribution in [2.45, 2.75) is 77.4 Å². The maximum Gasteiger partial charge on any atom is 0.0199 e. The molecule has 0 aromatic heterocycles. The zero-order valence-electron chi connectivity index (χ0n) is 14.1. The van der Waals surface area contributed by atoms with Gasteiger partial charge in [-0.2, -0.15) is 12.6 Å². The number of thiol groups is 1. The van der Waals surface area contributed by atoms with Crippen LogP contribution in [0.4, 0.5) is 0 Å². The van der Waals surface area contributed by atoms with Crippen molar-refractivity contribution in [3.63, 3.8) is 0 Å². The second-order valence-corrected chi connectivity index (χ2v) is 9.82. The lowest BCUT2D eigenvalue weighted by Crippen LogP contribution is -2.50. The average Bonchev–Trinajstić information content (AvgIpc) is 2.76. The van der Waals surface area contributed by atoms with Crippen LogP contribution in [0.3, 0.4) is 0 Å². The number of rotatable bonds is 0. The number of allylic oxidation sites excluding steroid dienone is 1. The van der Waals surface area contributed by atoms with Gasteiger partial charge in [0.05, 0.1) is 0 Å². The van der Waals surface area contributed by atoms with Crippen molar-refractivity contribution in [1.29, 1.82) is 0 Å². The molecule has 0 spiro atoms. The van der Waals surface area contributed by atoms with Crippen molar-refractivity contribution >= 4 is 12.6 Å². The van der Waals surface area contributed by atoms with Crippen molar-refractivity contribution in [3.8, 4) is 0 Å². The molecule has 0 bridgehead atoms. The Morgan fingerprint density at radius 1 is 1.00 bits per heavy atom. The number of hydrogen-bond donors (Lipinski definition) is 1. The predicted octanol–water partition coefficient (Wildman–Crippen LogP) is 5.88. The summed E-state index contributed by atoms with van der Waals surface area (Å²) in [5.41, 5.74) is 2.97. The van der Waals surface area contributed by atoms with E-state index < -0.39 is 0 Å². The summed E-state index contributed by atoms with van der Waals surface area (Å²) in [4.78, 5) is 0. The lowest BCUT2D eigenvalue weighted by molar-refractivity contribution is -0.0484. The van der Waals surface area contributed by atoms with E-state index in [2.05, 4.69) is 26.8 Å². The van der Waals surface area contributed by atoms with Crippen molar-refractivity contribution in [1.82, 2.24) is 0 Å². The largest absolute Gasteiger partial charge is 0.172 e. The van der Waals surface area contributed by atoms with Gasteiger partial charge in [0.25, 0.3) is 0 Å². The highest BCUT2D eigenvalue weighted by atomic mass is 32.1. The molecule has 4 aliphatic rings. The fraction of sp³-hybridized carbons (Fsp3) is 0.900. The Balaban J connectivity index is 1.67. The first-order valence-electron chi connectivity index (χ1n) is 9.34. The Morgan fingerprint density at radius 3 is 2.62 bits per heavy atom. The van der Waals surface area contributed by atoms with E-state index in [4.69, 9.17) is 12.6 Å². The zero-order valence-corrected chi connectivity index (χ0v) is 15.0. The van der Waals surface area contributed by atoms with E-state index in [1.54, 1.807) is 5.57 Å². The van der Waals surface area contributed by atoms with Crippen LogP contribution in [0.5, 0.6) is 0 Å². The fourth-order valence-corrected chi connectivity index (χ4v) is 7.28. The van der Waals surface area contributed by atoms with Gasteiger partial charge in [-0.25, -0.2) is 0 Å². The fourth-order valence-electron chi connectivity index (χ4n) is 6.97. The minimum atomic E-state index is 0.523. The van der Waals surface area contributed by atoms with Crippen molar-refractivity contribution < 1.29 is 0 Å². The molecule has 1 heteroatoms. The molecule has 0 aromatic rings. The summed E-state index contributed by atoms with van der Waals surface area (Å²) in [5.74, 6) is 3.98. The van der Waals surface area contributed by atoms with Crippen molar-refractivity contribution in [2.24, 2.45) is 34.5 Å². The number of hydrogen-bond acceptors (Lipinski definition) is 1. The summed E-state index contributed by atoms with van der Waals surface area (Å²) in [6.07, 6.45) is 14.1. The molecule has 3 unspecified atom stereocenters. The van der Waals surface area contributed by atoms with Gasteiger partial charge in [0.15, 0.2) is 0 Å². The van der Waals surface area contributed by atoms with Crippen LogP contribution >= 0.6 is 12.6 Å². The Labute approximate surface area is 136 Å². The highest BCUT2D eigenvalue weighted by Crippen LogP contribution is 2.66. The lowest BCUT2D eigenvalue weighted by Gasteiger charge is -2.58. The monoisotopic (exact) mass is 304 g/mol. The summed E-state index contributed by atoms with van der Waals surface area (Å²) in [6, 6.07) is 0. The molecule has 0 nitrogen and oxygen atoms in total. The predicted molar refractivity (Wildman–Crippen MR) is 93.6 cm³/mol. The van der Waals surface area contributed by atoms with E-state index in [0.29, 0.717) is 16.1 Å². The molecular formula is C20H32S. The Morgan fingerprint density at radius 2 is 1.81 bits per heavy atom. The third-order valence-corrected chi connectivity index (χ3v) is 8.97. The highest BCUT2D eigenvalue weighted by Gasteiger charge is 2.57. The molecule has 4 rings (SSSR count). The smallest absolute Gasteiger partial charge is 0.0199 e. The first-order chi connectivity index (χ1) is 9.95. The van der Waals surface area contributed by atoms with E-state index in [1.165, 1.54) is 51.4 Å². The summed E-state index contributed by atoms with van der Waals surface area (Å²) in [7, 11) is 0. The van der Waals surface area contributed by atoms with Crippen LogP contribution in [0.2, 0.25) is 0 Å². The molecule has 118 valence electrons. The normalized spacial score (nSPS) is 56.2. The van der Waals surface area contributed by atoms with Crippen LogP contribution in [0, 0.1) is 34.5 Å². The van der Waals surface area contributed by atoms with Crippen LogP contribution in [-0.4, -0.2) is 5.25 Å². The van der Waals surface area contributed by atoms with Gasteiger partial charge in [0, 0.05) is 5.25 Å². The summed E-state index contributed by atoms with van der Waals surface area (Å²) >= 11 is 4.74. The molecule has 4 aliphatic carbocycles. The van der Waals surface area contributed by atoms with Gasteiger partial charge in [-0.05, 0) is 85.9 Å². The maximum absolute atomic E-state index is 4.74. The molecule has 0 radical (unpaired) electrons. The molecular weight excluding hydrogens is 272 g/mol. The molecule has 0 aliphatic heterocycles. The van der Waals surface area contributed by atoms with Gasteiger partial charge in [-0.1, -0.05) is 32.4 Å². The van der Waals surface area contributed by atoms with E-state index in [1.807, 2.05) is 0 Å². The molecule has 7 atom stereocenters. The quantitative estimate of drug-likeness (QED) is 0.419. The summed E-state index contributed by atoms with van der Waals surface area (Å²) < 4.78 is 0. The third kappa shape index (κ3) is 1.95. The third-order valence-electron chi connectivity index (χ3n) is 8.56. The first-order valence-corrected chi connectivity index (χ1v) is 9.86. The molecule has 3 fully saturated rings. The second-order valence-electron chi connectivity index (χ2n) is 9.15. The summed E-state index contributed by atoms with van der Waals surface area (Å²) in [5, 5.41) is 0.532. The molecule has 0 aromatic carbocycles. The minimum Gasteiger partial charge on any atom is -0.172 e. The van der Waals surface area contributed by atoms with Crippen LogP contribution in [0.15, 0.2) is 11.6 Å². The average molecular weight is 305 g/mol. The van der Waals surface area contributed by atoms with Crippen LogP contribution < -0.4 is 0 Å². The van der Waals surface area contributed by atoms with Crippen molar-refractivity contribution in [3.05, 3.63) is 11.6 Å². The molecule has 0 N–H and O–H groups in total. The van der Waals surface area contributed by atoms with Crippen LogP contribution in [-0.2, 0) is 0 Å². The lowest BCUT2D eigenvalue weighted by atomic mass is 9.47. The minimum absolute atomic E-state index is 0.523.